The van der Waals surface area contributed by atoms with E-state index < -0.39 is 0 Å². The van der Waals surface area contributed by atoms with Crippen LogP contribution in [0.25, 0.3) is 0 Å². The van der Waals surface area contributed by atoms with Crippen LogP contribution >= 0.6 is 0 Å². The lowest BCUT2D eigenvalue weighted by Gasteiger charge is -2.30. The fraction of sp³-hybridized carbons (Fsp3) is 0.684. The van der Waals surface area contributed by atoms with Crippen molar-refractivity contribution in [2.75, 3.05) is 6.54 Å². The molecule has 1 aliphatic rings. The maximum Gasteiger partial charge on any atom is 0.0294 e. The molecule has 1 heteroatoms. The van der Waals surface area contributed by atoms with E-state index in [1.165, 1.54) is 60.9 Å². The second-order valence-electron chi connectivity index (χ2n) is 6.96. The van der Waals surface area contributed by atoms with E-state index in [1.54, 1.807) is 0 Å². The molecule has 1 N–H and O–H groups in total. The summed E-state index contributed by atoms with van der Waals surface area (Å²) in [4.78, 5) is 0. The van der Waals surface area contributed by atoms with Gasteiger partial charge in [-0.1, -0.05) is 31.9 Å². The lowest BCUT2D eigenvalue weighted by atomic mass is 9.83. The van der Waals surface area contributed by atoms with Gasteiger partial charge >= 0.3 is 0 Å². The van der Waals surface area contributed by atoms with Crippen LogP contribution in [0.3, 0.4) is 0 Å². The third-order valence-electron chi connectivity index (χ3n) is 5.55. The molecule has 0 aromatic heterocycles. The Labute approximate surface area is 125 Å². The summed E-state index contributed by atoms with van der Waals surface area (Å²) < 4.78 is 0. The van der Waals surface area contributed by atoms with Gasteiger partial charge in [0.2, 0.25) is 0 Å². The van der Waals surface area contributed by atoms with Crippen LogP contribution in [0, 0.1) is 26.2 Å². The number of hydrogen-bond donors (Lipinski definition) is 1. The van der Waals surface area contributed by atoms with Gasteiger partial charge in [0.1, 0.15) is 0 Å². The summed E-state index contributed by atoms with van der Waals surface area (Å²) in [5.41, 5.74) is 6.27. The van der Waals surface area contributed by atoms with Crippen LogP contribution in [0.4, 0.5) is 0 Å². The molecule has 112 valence electrons. The van der Waals surface area contributed by atoms with E-state index in [0.717, 1.165) is 0 Å². The van der Waals surface area contributed by atoms with E-state index >= 15 is 0 Å². The maximum absolute atomic E-state index is 3.82. The zero-order chi connectivity index (χ0) is 14.8. The minimum atomic E-state index is 0.457. The Morgan fingerprint density at radius 3 is 2.25 bits per heavy atom. The molecule has 0 amide bonds. The van der Waals surface area contributed by atoms with Crippen molar-refractivity contribution in [1.82, 2.24) is 5.32 Å². The van der Waals surface area contributed by atoms with Crippen molar-refractivity contribution in [2.24, 2.45) is 5.41 Å². The second-order valence-corrected chi connectivity index (χ2v) is 6.96. The summed E-state index contributed by atoms with van der Waals surface area (Å²) in [6.45, 7) is 12.5. The van der Waals surface area contributed by atoms with Gasteiger partial charge in [0.25, 0.3) is 0 Å². The van der Waals surface area contributed by atoms with Gasteiger partial charge in [-0.25, -0.2) is 0 Å². The fourth-order valence-corrected chi connectivity index (χ4v) is 3.71. The minimum Gasteiger partial charge on any atom is -0.310 e. The molecule has 0 aliphatic heterocycles. The van der Waals surface area contributed by atoms with Gasteiger partial charge in [-0.15, -0.1) is 0 Å². The van der Waals surface area contributed by atoms with Crippen LogP contribution in [0.2, 0.25) is 0 Å². The SMILES string of the molecule is CCC1(CNC(C)c2cc(C)c(C)cc2C)CCCC1. The summed E-state index contributed by atoms with van der Waals surface area (Å²) in [5, 5.41) is 3.82. The van der Waals surface area contributed by atoms with Gasteiger partial charge in [0.15, 0.2) is 0 Å². The van der Waals surface area contributed by atoms with Crippen molar-refractivity contribution < 1.29 is 0 Å². The number of benzene rings is 1. The van der Waals surface area contributed by atoms with Crippen LogP contribution in [0.15, 0.2) is 12.1 Å². The summed E-state index contributed by atoms with van der Waals surface area (Å²) >= 11 is 0. The maximum atomic E-state index is 3.82. The molecule has 1 nitrogen and oxygen atoms in total. The standard InChI is InChI=1S/C19H31N/c1-6-19(9-7-8-10-19)13-20-17(5)18-12-15(3)14(2)11-16(18)4/h11-12,17,20H,6-10,13H2,1-5H3. The monoisotopic (exact) mass is 273 g/mol. The lowest BCUT2D eigenvalue weighted by Crippen LogP contribution is -2.33. The Morgan fingerprint density at radius 1 is 1.05 bits per heavy atom. The van der Waals surface area contributed by atoms with E-state index in [-0.39, 0.29) is 0 Å². The van der Waals surface area contributed by atoms with Crippen LogP contribution in [0.5, 0.6) is 0 Å². The molecule has 0 bridgehead atoms. The van der Waals surface area contributed by atoms with Gasteiger partial charge < -0.3 is 5.32 Å². The van der Waals surface area contributed by atoms with Crippen molar-refractivity contribution in [3.8, 4) is 0 Å². The second kappa shape index (κ2) is 6.30. The van der Waals surface area contributed by atoms with Gasteiger partial charge in [0, 0.05) is 12.6 Å². The van der Waals surface area contributed by atoms with E-state index in [1.807, 2.05) is 0 Å². The first-order valence-corrected chi connectivity index (χ1v) is 8.28. The number of rotatable bonds is 5. The van der Waals surface area contributed by atoms with Crippen molar-refractivity contribution >= 4 is 0 Å². The van der Waals surface area contributed by atoms with Crippen LogP contribution < -0.4 is 5.32 Å². The minimum absolute atomic E-state index is 0.457. The van der Waals surface area contributed by atoms with Gasteiger partial charge in [-0.3, -0.25) is 0 Å². The molecule has 1 saturated carbocycles. The Kier molecular flexibility index (Phi) is 4.90. The molecule has 0 radical (unpaired) electrons. The molecule has 2 rings (SSSR count). The Balaban J connectivity index is 2.05. The molecule has 20 heavy (non-hydrogen) atoms. The van der Waals surface area contributed by atoms with Gasteiger partial charge in [-0.2, -0.15) is 0 Å². The third kappa shape index (κ3) is 3.25. The molecular weight excluding hydrogens is 242 g/mol. The molecule has 1 aromatic rings. The van der Waals surface area contributed by atoms with E-state index in [0.29, 0.717) is 11.5 Å². The van der Waals surface area contributed by atoms with Gasteiger partial charge in [-0.05, 0) is 74.6 Å². The topological polar surface area (TPSA) is 12.0 Å². The normalized spacial score (nSPS) is 19.2. The number of hydrogen-bond acceptors (Lipinski definition) is 1. The zero-order valence-electron chi connectivity index (χ0n) is 14.0. The molecular formula is C19H31N. The molecule has 1 aromatic carbocycles. The van der Waals surface area contributed by atoms with Gasteiger partial charge in [0.05, 0.1) is 0 Å². The van der Waals surface area contributed by atoms with E-state index in [9.17, 15) is 0 Å². The summed E-state index contributed by atoms with van der Waals surface area (Å²) in [6, 6.07) is 5.15. The largest absolute Gasteiger partial charge is 0.310 e. The number of nitrogens with one attached hydrogen (secondary N) is 1. The highest BCUT2D eigenvalue weighted by Gasteiger charge is 2.32. The zero-order valence-corrected chi connectivity index (χ0v) is 14.0. The highest BCUT2D eigenvalue weighted by Crippen LogP contribution is 2.40. The Hall–Kier alpha value is -0.820. The van der Waals surface area contributed by atoms with Crippen LogP contribution in [0.1, 0.15) is 74.2 Å². The Bertz CT molecular complexity index is 455. The van der Waals surface area contributed by atoms with Crippen molar-refractivity contribution in [3.05, 3.63) is 34.4 Å². The highest BCUT2D eigenvalue weighted by molar-refractivity contribution is 5.38. The smallest absolute Gasteiger partial charge is 0.0294 e. The van der Waals surface area contributed by atoms with Crippen molar-refractivity contribution in [2.45, 2.75) is 72.8 Å². The average Bonchev–Trinajstić information content (AvgIpc) is 2.90. The molecule has 0 saturated heterocycles. The summed E-state index contributed by atoms with van der Waals surface area (Å²) in [5.74, 6) is 0. The predicted molar refractivity (Wildman–Crippen MR) is 88.3 cm³/mol. The molecule has 1 fully saturated rings. The third-order valence-corrected chi connectivity index (χ3v) is 5.55. The van der Waals surface area contributed by atoms with Crippen molar-refractivity contribution in [1.29, 1.82) is 0 Å². The average molecular weight is 273 g/mol. The first kappa shape index (κ1) is 15.6. The highest BCUT2D eigenvalue weighted by atomic mass is 14.9. The van der Waals surface area contributed by atoms with E-state index in [4.69, 9.17) is 0 Å². The first-order valence-electron chi connectivity index (χ1n) is 8.28. The van der Waals surface area contributed by atoms with Crippen LogP contribution in [-0.2, 0) is 0 Å². The molecule has 1 aliphatic carbocycles. The quantitative estimate of drug-likeness (QED) is 0.774. The van der Waals surface area contributed by atoms with Crippen molar-refractivity contribution in [3.63, 3.8) is 0 Å². The molecule has 1 atom stereocenters. The van der Waals surface area contributed by atoms with E-state index in [2.05, 4.69) is 52.1 Å². The molecule has 0 spiro atoms. The first-order chi connectivity index (χ1) is 9.47. The summed E-state index contributed by atoms with van der Waals surface area (Å²) in [6.07, 6.45) is 6.99. The van der Waals surface area contributed by atoms with Crippen LogP contribution in [-0.4, -0.2) is 6.54 Å². The number of aryl methyl sites for hydroxylation is 3. The molecule has 0 heterocycles. The lowest BCUT2D eigenvalue weighted by molar-refractivity contribution is 0.258. The fourth-order valence-electron chi connectivity index (χ4n) is 3.71. The Morgan fingerprint density at radius 2 is 1.65 bits per heavy atom. The predicted octanol–water partition coefficient (Wildman–Crippen LogP) is 5.23. The molecule has 1 unspecified atom stereocenters. The summed E-state index contributed by atoms with van der Waals surface area (Å²) in [7, 11) is 0.